The molecule has 1 unspecified atom stereocenters. The number of hydrogen-bond acceptors (Lipinski definition) is 5. The van der Waals surface area contributed by atoms with E-state index in [0.717, 1.165) is 41.4 Å². The summed E-state index contributed by atoms with van der Waals surface area (Å²) in [5.41, 5.74) is 3.56. The number of aromatic nitrogens is 3. The summed E-state index contributed by atoms with van der Waals surface area (Å²) in [7, 11) is 1.76. The molecule has 2 aromatic heterocycles. The van der Waals surface area contributed by atoms with Crippen LogP contribution in [0.15, 0.2) is 57.8 Å². The van der Waals surface area contributed by atoms with Crippen LogP contribution in [-0.2, 0) is 4.74 Å². The monoisotopic (exact) mass is 500 g/mol. The molecule has 8 heteroatoms. The maximum atomic E-state index is 13.5. The second kappa shape index (κ2) is 8.73. The Kier molecular flexibility index (Phi) is 5.60. The summed E-state index contributed by atoms with van der Waals surface area (Å²) in [4.78, 5) is 31.4. The third kappa shape index (κ3) is 4.29. The molecule has 37 heavy (non-hydrogen) atoms. The van der Waals surface area contributed by atoms with Gasteiger partial charge in [-0.2, -0.15) is 0 Å². The smallest absolute Gasteiger partial charge is 0.376 e. The first-order valence-electron chi connectivity index (χ1n) is 12.9. The molecule has 3 atom stereocenters. The van der Waals surface area contributed by atoms with Gasteiger partial charge in [0.1, 0.15) is 5.69 Å². The summed E-state index contributed by atoms with van der Waals surface area (Å²) >= 11 is 0. The van der Waals surface area contributed by atoms with Gasteiger partial charge in [-0.05, 0) is 80.8 Å². The predicted molar refractivity (Wildman–Crippen MR) is 142 cm³/mol. The molecule has 1 saturated carbocycles. The number of benzene rings is 2. The molecule has 2 aliphatic rings. The summed E-state index contributed by atoms with van der Waals surface area (Å²) in [5.74, 6) is 0.886. The Morgan fingerprint density at radius 3 is 2.65 bits per heavy atom. The lowest BCUT2D eigenvalue weighted by Gasteiger charge is -2.36. The fourth-order valence-electron chi connectivity index (χ4n) is 5.64. The van der Waals surface area contributed by atoms with Crippen molar-refractivity contribution in [2.75, 3.05) is 18.6 Å². The van der Waals surface area contributed by atoms with E-state index in [0.29, 0.717) is 29.7 Å². The maximum Gasteiger partial charge on any atom is 0.446 e. The number of ether oxygens (including phenoxy) is 1. The Morgan fingerprint density at radius 1 is 1.19 bits per heavy atom. The van der Waals surface area contributed by atoms with Gasteiger partial charge in [0.15, 0.2) is 5.82 Å². The van der Waals surface area contributed by atoms with Crippen molar-refractivity contribution in [3.63, 3.8) is 0 Å². The minimum Gasteiger partial charge on any atom is -0.376 e. The van der Waals surface area contributed by atoms with Gasteiger partial charge in [0.25, 0.3) is 5.91 Å². The molecule has 192 valence electrons. The van der Waals surface area contributed by atoms with Crippen molar-refractivity contribution in [1.29, 1.82) is 0 Å². The lowest BCUT2D eigenvalue weighted by Crippen LogP contribution is -2.33. The lowest BCUT2D eigenvalue weighted by molar-refractivity contribution is -0.0592. The second-order valence-electron chi connectivity index (χ2n) is 11.1. The first kappa shape index (κ1) is 23.7. The molecular formula is C29H32N4O4. The molecular weight excluding hydrogens is 468 g/mol. The average molecular weight is 501 g/mol. The number of para-hydroxylation sites is 1. The Hall–Kier alpha value is -3.65. The van der Waals surface area contributed by atoms with Crippen molar-refractivity contribution in [3.05, 3.63) is 76.2 Å². The molecule has 1 N–H and O–H groups in total. The SMILES string of the molecule is C[C@H]1CC1c1noc(=O)n1-c1cc([C@H]2CCOC(C)(C)C2)cc2cc(C(=O)N(C)c3ccccc3)[nH]c12. The van der Waals surface area contributed by atoms with Gasteiger partial charge in [-0.15, -0.1) is 0 Å². The molecule has 2 aromatic carbocycles. The Bertz CT molecular complexity index is 1530. The van der Waals surface area contributed by atoms with Gasteiger partial charge >= 0.3 is 5.76 Å². The summed E-state index contributed by atoms with van der Waals surface area (Å²) in [6.07, 6.45) is 2.74. The Morgan fingerprint density at radius 2 is 1.95 bits per heavy atom. The molecule has 1 aliphatic carbocycles. The first-order chi connectivity index (χ1) is 17.7. The molecule has 3 heterocycles. The highest BCUT2D eigenvalue weighted by Crippen LogP contribution is 2.47. The molecule has 8 nitrogen and oxygen atoms in total. The topological polar surface area (TPSA) is 93.4 Å². The summed E-state index contributed by atoms with van der Waals surface area (Å²) in [6.45, 7) is 7.06. The molecule has 1 amide bonds. The number of hydrogen-bond donors (Lipinski definition) is 1. The van der Waals surface area contributed by atoms with Crippen molar-refractivity contribution in [2.24, 2.45) is 5.92 Å². The fourth-order valence-corrected chi connectivity index (χ4v) is 5.64. The minimum absolute atomic E-state index is 0.157. The van der Waals surface area contributed by atoms with E-state index in [4.69, 9.17) is 9.26 Å². The molecule has 4 aromatic rings. The Balaban J connectivity index is 1.50. The predicted octanol–water partition coefficient (Wildman–Crippen LogP) is 5.38. The van der Waals surface area contributed by atoms with Crippen molar-refractivity contribution < 1.29 is 14.1 Å². The van der Waals surface area contributed by atoms with Crippen LogP contribution in [-0.4, -0.2) is 39.9 Å². The molecule has 0 spiro atoms. The van der Waals surface area contributed by atoms with Gasteiger partial charge in [0.2, 0.25) is 0 Å². The zero-order valence-electron chi connectivity index (χ0n) is 21.7. The van der Waals surface area contributed by atoms with E-state index < -0.39 is 5.76 Å². The van der Waals surface area contributed by atoms with Gasteiger partial charge in [-0.3, -0.25) is 9.32 Å². The van der Waals surface area contributed by atoms with Gasteiger partial charge in [0, 0.05) is 30.6 Å². The third-order valence-corrected chi connectivity index (χ3v) is 7.89. The molecule has 0 radical (unpaired) electrons. The van der Waals surface area contributed by atoms with Gasteiger partial charge in [-0.1, -0.05) is 30.3 Å². The third-order valence-electron chi connectivity index (χ3n) is 7.89. The maximum absolute atomic E-state index is 13.5. The number of carbonyl (C=O) groups is 1. The van der Waals surface area contributed by atoms with E-state index >= 15 is 0 Å². The number of anilines is 1. The zero-order valence-corrected chi connectivity index (χ0v) is 21.7. The van der Waals surface area contributed by atoms with Crippen LogP contribution >= 0.6 is 0 Å². The molecule has 2 fully saturated rings. The van der Waals surface area contributed by atoms with Crippen LogP contribution in [0.1, 0.15) is 73.7 Å². The van der Waals surface area contributed by atoms with Crippen molar-refractivity contribution in [3.8, 4) is 5.69 Å². The van der Waals surface area contributed by atoms with E-state index in [1.165, 1.54) is 0 Å². The number of aromatic amines is 1. The number of nitrogens with one attached hydrogen (secondary N) is 1. The summed E-state index contributed by atoms with van der Waals surface area (Å²) in [6, 6.07) is 15.6. The van der Waals surface area contributed by atoms with Crippen molar-refractivity contribution >= 4 is 22.5 Å². The summed E-state index contributed by atoms with van der Waals surface area (Å²) < 4.78 is 12.7. The van der Waals surface area contributed by atoms with Crippen LogP contribution in [0.4, 0.5) is 5.69 Å². The van der Waals surface area contributed by atoms with Gasteiger partial charge < -0.3 is 14.6 Å². The van der Waals surface area contributed by atoms with E-state index in [2.05, 4.69) is 43.0 Å². The minimum atomic E-state index is -0.510. The highest BCUT2D eigenvalue weighted by molar-refractivity contribution is 6.08. The Labute approximate surface area is 215 Å². The van der Waals surface area contributed by atoms with E-state index in [1.807, 2.05) is 36.4 Å². The van der Waals surface area contributed by atoms with Crippen LogP contribution < -0.4 is 10.7 Å². The van der Waals surface area contributed by atoms with Crippen LogP contribution in [0, 0.1) is 5.92 Å². The van der Waals surface area contributed by atoms with Crippen LogP contribution in [0.25, 0.3) is 16.6 Å². The van der Waals surface area contributed by atoms with Crippen LogP contribution in [0.5, 0.6) is 0 Å². The van der Waals surface area contributed by atoms with E-state index in [-0.39, 0.29) is 23.3 Å². The number of amides is 1. The van der Waals surface area contributed by atoms with Crippen LogP contribution in [0.3, 0.4) is 0 Å². The standard InChI is InChI=1S/C29H32N4O4/c1-17-12-22(17)26-31-37-28(35)33(26)24-15-19(18-10-11-36-29(2,3)16-18)13-20-14-23(30-25(20)24)27(34)32(4)21-8-6-5-7-9-21/h5-9,13-15,17-18,22,30H,10-12,16H2,1-4H3/t17-,18-,22?/m0/s1. The normalized spacial score (nSPS) is 22.8. The number of fused-ring (bicyclic) bond motifs is 1. The second-order valence-corrected chi connectivity index (χ2v) is 11.1. The fraction of sp³-hybridized carbons (Fsp3) is 0.414. The summed E-state index contributed by atoms with van der Waals surface area (Å²) in [5, 5.41) is 5.03. The van der Waals surface area contributed by atoms with Crippen molar-refractivity contribution in [1.82, 2.24) is 14.7 Å². The highest BCUT2D eigenvalue weighted by Gasteiger charge is 2.40. The highest BCUT2D eigenvalue weighted by atomic mass is 16.5. The zero-order chi connectivity index (χ0) is 25.9. The van der Waals surface area contributed by atoms with E-state index in [1.54, 1.807) is 16.5 Å². The molecule has 6 rings (SSSR count). The van der Waals surface area contributed by atoms with Gasteiger partial charge in [0.05, 0.1) is 16.8 Å². The number of rotatable bonds is 5. The van der Waals surface area contributed by atoms with E-state index in [9.17, 15) is 9.59 Å². The molecule has 0 bridgehead atoms. The van der Waals surface area contributed by atoms with Crippen LogP contribution in [0.2, 0.25) is 0 Å². The lowest BCUT2D eigenvalue weighted by atomic mass is 9.83. The van der Waals surface area contributed by atoms with Gasteiger partial charge in [-0.25, -0.2) is 9.36 Å². The quantitative estimate of drug-likeness (QED) is 0.397. The number of carbonyl (C=O) groups excluding carboxylic acids is 1. The largest absolute Gasteiger partial charge is 0.446 e. The number of nitrogens with zero attached hydrogens (tertiary/aromatic N) is 3. The average Bonchev–Trinajstić information content (AvgIpc) is 3.27. The number of H-pyrrole nitrogens is 1. The van der Waals surface area contributed by atoms with Crippen molar-refractivity contribution in [2.45, 2.75) is 57.5 Å². The molecule has 1 saturated heterocycles. The molecule has 1 aliphatic heterocycles. The first-order valence-corrected chi connectivity index (χ1v) is 12.9.